The van der Waals surface area contributed by atoms with Crippen LogP contribution < -0.4 is 4.72 Å². The molecule has 0 spiro atoms. The first kappa shape index (κ1) is 26.9. The van der Waals surface area contributed by atoms with Crippen LogP contribution in [0.15, 0.2) is 24.3 Å². The van der Waals surface area contributed by atoms with Crippen LogP contribution in [0.3, 0.4) is 0 Å². The summed E-state index contributed by atoms with van der Waals surface area (Å²) in [6, 6.07) is 0.393. The predicted molar refractivity (Wildman–Crippen MR) is 81.9 cm³/mol. The van der Waals surface area contributed by atoms with Gasteiger partial charge in [0, 0.05) is 12.1 Å². The zero-order chi connectivity index (χ0) is 24.6. The number of hydrogen-bond donors (Lipinski definition) is 3. The highest BCUT2D eigenvalue weighted by molar-refractivity contribution is 7.90. The highest BCUT2D eigenvalue weighted by Crippen LogP contribution is 2.54. The van der Waals surface area contributed by atoms with E-state index in [4.69, 9.17) is 5.11 Å². The van der Waals surface area contributed by atoms with Crippen LogP contribution in [0.25, 0.3) is 0 Å². The topological polar surface area (TPSA) is 130 Å². The third-order valence-corrected chi connectivity index (χ3v) is 5.33. The van der Waals surface area contributed by atoms with Crippen molar-refractivity contribution in [1.29, 1.82) is 0 Å². The lowest BCUT2D eigenvalue weighted by molar-refractivity contribution is -0.384. The molecule has 0 heterocycles. The molecule has 3 N–H and O–H groups in total. The Morgan fingerprint density at radius 2 is 1.42 bits per heavy atom. The average Bonchev–Trinajstić information content (AvgIpc) is 2.64. The van der Waals surface area contributed by atoms with E-state index in [1.807, 2.05) is 0 Å². The summed E-state index contributed by atoms with van der Waals surface area (Å²) in [5.41, 5.74) is -1.05. The Hall–Kier alpha value is -2.18. The van der Waals surface area contributed by atoms with Gasteiger partial charge in [0.25, 0.3) is 15.7 Å². The van der Waals surface area contributed by atoms with Crippen LogP contribution >= 0.6 is 0 Å². The molecule has 0 aliphatic heterocycles. The number of nitrogens with one attached hydrogen (secondary N) is 1. The number of halogens is 9. The van der Waals surface area contributed by atoms with Crippen molar-refractivity contribution in [3.8, 4) is 0 Å². The van der Waals surface area contributed by atoms with Crippen LogP contribution in [0.2, 0.25) is 0 Å². The second-order valence-electron chi connectivity index (χ2n) is 5.87. The Balaban J connectivity index is 3.28. The number of sulfonamides is 1. The molecule has 0 saturated heterocycles. The first-order valence-corrected chi connectivity index (χ1v) is 8.98. The molecule has 2 atom stereocenters. The molecule has 1 aromatic rings. The fraction of sp³-hybridized carbons (Fsp3) is 0.538. The van der Waals surface area contributed by atoms with Crippen LogP contribution in [0.5, 0.6) is 0 Å². The minimum absolute atomic E-state index is 0.497. The summed E-state index contributed by atoms with van der Waals surface area (Å²) in [4.78, 5) is 9.62. The maximum atomic E-state index is 13.7. The van der Waals surface area contributed by atoms with E-state index in [1.54, 1.807) is 0 Å². The Labute approximate surface area is 166 Å². The maximum Gasteiger partial charge on any atom is 0.460 e. The van der Waals surface area contributed by atoms with E-state index < -0.39 is 68.2 Å². The molecule has 0 bridgehead atoms. The van der Waals surface area contributed by atoms with Gasteiger partial charge < -0.3 is 10.2 Å². The quantitative estimate of drug-likeness (QED) is 0.275. The van der Waals surface area contributed by atoms with Gasteiger partial charge in [0.05, 0.1) is 23.7 Å². The highest BCUT2D eigenvalue weighted by atomic mass is 32.2. The minimum Gasteiger partial charge on any atom is -0.395 e. The van der Waals surface area contributed by atoms with Gasteiger partial charge in [-0.1, -0.05) is 0 Å². The Morgan fingerprint density at radius 3 is 1.77 bits per heavy atom. The number of aliphatic hydroxyl groups is 2. The number of nitrogens with zero attached hydrogens (tertiary/aromatic N) is 1. The summed E-state index contributed by atoms with van der Waals surface area (Å²) in [6.07, 6.45) is -9.63. The van der Waals surface area contributed by atoms with Gasteiger partial charge >= 0.3 is 23.3 Å². The number of benzene rings is 1. The fourth-order valence-corrected chi connectivity index (χ4v) is 3.25. The van der Waals surface area contributed by atoms with Crippen LogP contribution in [0.4, 0.5) is 45.2 Å². The van der Waals surface area contributed by atoms with Gasteiger partial charge in [-0.2, -0.15) is 39.5 Å². The van der Waals surface area contributed by atoms with E-state index in [2.05, 4.69) is 0 Å². The molecule has 0 aliphatic rings. The van der Waals surface area contributed by atoms with Crippen molar-refractivity contribution >= 4 is 15.7 Å². The molecule has 31 heavy (non-hydrogen) atoms. The smallest absolute Gasteiger partial charge is 0.395 e. The number of hydrogen-bond acceptors (Lipinski definition) is 6. The van der Waals surface area contributed by atoms with Crippen LogP contribution in [-0.4, -0.2) is 59.5 Å². The largest absolute Gasteiger partial charge is 0.460 e. The van der Waals surface area contributed by atoms with Crippen LogP contribution in [0.1, 0.15) is 11.7 Å². The standard InChI is InChI=1S/C13H11F9N2O6S/c14-10(15,12(18,19)20)11(16,17)13(21,22)31(29,30)23-8(5-25)9(26)6-1-3-7(4-2-6)24(27)28/h1-4,8-9,23,25-26H,5H2/t8-,9-/m0/s1. The molecule has 0 aromatic heterocycles. The zero-order valence-corrected chi connectivity index (χ0v) is 15.3. The molecular formula is C13H11F9N2O6S. The SMILES string of the molecule is O=[N+]([O-])c1ccc([C@H](O)[C@H](CO)NS(=O)(=O)C(F)(F)C(F)(F)C(F)(F)C(F)(F)F)cc1. The van der Waals surface area contributed by atoms with Crippen molar-refractivity contribution in [3.63, 3.8) is 0 Å². The summed E-state index contributed by atoms with van der Waals surface area (Å²) in [5, 5.41) is 22.4. The summed E-state index contributed by atoms with van der Waals surface area (Å²) < 4.78 is 140. The average molecular weight is 494 g/mol. The lowest BCUT2D eigenvalue weighted by Gasteiger charge is -2.34. The third-order valence-electron chi connectivity index (χ3n) is 3.78. The van der Waals surface area contributed by atoms with Crippen molar-refractivity contribution in [3.05, 3.63) is 39.9 Å². The van der Waals surface area contributed by atoms with Gasteiger partial charge in [-0.25, -0.2) is 13.1 Å². The van der Waals surface area contributed by atoms with E-state index in [-0.39, 0.29) is 0 Å². The monoisotopic (exact) mass is 494 g/mol. The molecule has 0 unspecified atom stereocenters. The van der Waals surface area contributed by atoms with Crippen molar-refractivity contribution < 1.29 is 63.1 Å². The molecule has 0 aliphatic carbocycles. The van der Waals surface area contributed by atoms with Crippen molar-refractivity contribution in [1.82, 2.24) is 4.72 Å². The maximum absolute atomic E-state index is 13.7. The van der Waals surface area contributed by atoms with Gasteiger partial charge in [0.15, 0.2) is 0 Å². The van der Waals surface area contributed by atoms with E-state index in [0.717, 1.165) is 24.3 Å². The molecule has 1 rings (SSSR count). The Morgan fingerprint density at radius 1 is 0.968 bits per heavy atom. The van der Waals surface area contributed by atoms with Crippen molar-refractivity contribution in [2.45, 2.75) is 35.4 Å². The summed E-state index contributed by atoms with van der Waals surface area (Å²) >= 11 is 0. The number of aliphatic hydroxyl groups excluding tert-OH is 2. The molecule has 18 heteroatoms. The summed E-state index contributed by atoms with van der Waals surface area (Å²) in [6.45, 7) is -1.63. The number of non-ortho nitro benzene ring substituents is 1. The molecule has 0 fully saturated rings. The molecule has 0 saturated carbocycles. The molecule has 0 amide bonds. The van der Waals surface area contributed by atoms with Crippen molar-refractivity contribution in [2.75, 3.05) is 6.61 Å². The molecule has 1 aromatic carbocycles. The first-order chi connectivity index (χ1) is 13.7. The summed E-state index contributed by atoms with van der Waals surface area (Å²) in [5.74, 6) is -15.0. The van der Waals surface area contributed by atoms with Crippen LogP contribution in [-0.2, 0) is 10.0 Å². The van der Waals surface area contributed by atoms with Gasteiger partial charge in [-0.3, -0.25) is 10.1 Å². The van der Waals surface area contributed by atoms with Gasteiger partial charge in [-0.15, -0.1) is 0 Å². The molecule has 0 radical (unpaired) electrons. The Bertz CT molecular complexity index is 905. The van der Waals surface area contributed by atoms with E-state index >= 15 is 0 Å². The number of nitro benzene ring substituents is 1. The van der Waals surface area contributed by atoms with Crippen molar-refractivity contribution in [2.24, 2.45) is 0 Å². The zero-order valence-electron chi connectivity index (χ0n) is 14.5. The number of nitro groups is 1. The highest BCUT2D eigenvalue weighted by Gasteiger charge is 2.85. The van der Waals surface area contributed by atoms with Gasteiger partial charge in [-0.05, 0) is 17.7 Å². The van der Waals surface area contributed by atoms with E-state index in [9.17, 15) is 63.2 Å². The lowest BCUT2D eigenvalue weighted by atomic mass is 10.0. The Kier molecular flexibility index (Phi) is 7.27. The number of rotatable bonds is 9. The second kappa shape index (κ2) is 8.40. The molecule has 8 nitrogen and oxygen atoms in total. The molecular weight excluding hydrogens is 483 g/mol. The van der Waals surface area contributed by atoms with Crippen LogP contribution in [0, 0.1) is 10.1 Å². The van der Waals surface area contributed by atoms with E-state index in [0.29, 0.717) is 4.72 Å². The summed E-state index contributed by atoms with van der Waals surface area (Å²) in [7, 11) is -7.09. The minimum atomic E-state index is -7.50. The normalized spacial score (nSPS) is 16.1. The molecule has 178 valence electrons. The van der Waals surface area contributed by atoms with E-state index in [1.165, 1.54) is 0 Å². The van der Waals surface area contributed by atoms with Gasteiger partial charge in [0.1, 0.15) is 0 Å². The van der Waals surface area contributed by atoms with Gasteiger partial charge in [0.2, 0.25) is 0 Å². The second-order valence-corrected chi connectivity index (χ2v) is 7.62. The fourth-order valence-electron chi connectivity index (χ4n) is 2.03. The third kappa shape index (κ3) is 4.70. The first-order valence-electron chi connectivity index (χ1n) is 7.50. The number of alkyl halides is 9. The predicted octanol–water partition coefficient (Wildman–Crippen LogP) is 2.33. The lowest BCUT2D eigenvalue weighted by Crippen LogP contribution is -2.65.